The highest BCUT2D eigenvalue weighted by Gasteiger charge is 2.32. The molecule has 2 amide bonds. The van der Waals surface area contributed by atoms with Gasteiger partial charge >= 0.3 is 0 Å². The molecule has 4 rings (SSSR count). The van der Waals surface area contributed by atoms with Gasteiger partial charge in [-0.15, -0.1) is 0 Å². The van der Waals surface area contributed by atoms with Gasteiger partial charge in [0.2, 0.25) is 11.8 Å². The second-order valence-corrected chi connectivity index (χ2v) is 8.17. The highest BCUT2D eigenvalue weighted by atomic mass is 16.2. The number of benzene rings is 1. The molecule has 0 aromatic heterocycles. The van der Waals surface area contributed by atoms with Gasteiger partial charge in [-0.1, -0.05) is 54.7 Å². The summed E-state index contributed by atoms with van der Waals surface area (Å²) in [5.74, 6) is 0.237. The van der Waals surface area contributed by atoms with Crippen LogP contribution in [0.15, 0.2) is 71.9 Å². The number of amides is 2. The van der Waals surface area contributed by atoms with Crippen LogP contribution in [-0.4, -0.2) is 37.5 Å². The molecule has 5 nitrogen and oxygen atoms in total. The Morgan fingerprint density at radius 3 is 2.93 bits per heavy atom. The van der Waals surface area contributed by atoms with Crippen LogP contribution in [0.3, 0.4) is 0 Å². The average Bonchev–Trinajstić information content (AvgIpc) is 2.90. The van der Waals surface area contributed by atoms with Gasteiger partial charge in [-0.25, -0.2) is 0 Å². The summed E-state index contributed by atoms with van der Waals surface area (Å²) < 4.78 is 0. The molecule has 1 aromatic rings. The van der Waals surface area contributed by atoms with Crippen molar-refractivity contribution in [1.29, 1.82) is 0 Å². The topological polar surface area (TPSA) is 61.4 Å². The fraction of sp³-hybridized carbons (Fsp3) is 0.360. The fourth-order valence-electron chi connectivity index (χ4n) is 4.25. The Hall–Kier alpha value is -2.92. The third-order valence-electron chi connectivity index (χ3n) is 6.19. The second-order valence-electron chi connectivity index (χ2n) is 8.17. The number of carbonyl (C=O) groups is 2. The maximum absolute atomic E-state index is 13.5. The number of para-hydroxylation sites is 1. The van der Waals surface area contributed by atoms with Crippen molar-refractivity contribution in [2.75, 3.05) is 18.5 Å². The van der Waals surface area contributed by atoms with Crippen molar-refractivity contribution < 1.29 is 9.59 Å². The molecule has 0 saturated carbocycles. The Kier molecular flexibility index (Phi) is 6.00. The molecule has 1 heterocycles. The van der Waals surface area contributed by atoms with Crippen LogP contribution in [0.5, 0.6) is 0 Å². The number of hydrogen-bond acceptors (Lipinski definition) is 3. The van der Waals surface area contributed by atoms with Gasteiger partial charge in [-0.3, -0.25) is 9.59 Å². The van der Waals surface area contributed by atoms with E-state index in [1.807, 2.05) is 23.1 Å². The molecule has 2 unspecified atom stereocenters. The predicted molar refractivity (Wildman–Crippen MR) is 120 cm³/mol. The summed E-state index contributed by atoms with van der Waals surface area (Å²) in [6.07, 6.45) is 15.3. The Labute approximate surface area is 178 Å². The third-order valence-corrected chi connectivity index (χ3v) is 6.19. The van der Waals surface area contributed by atoms with E-state index in [-0.39, 0.29) is 17.9 Å². The smallest absolute Gasteiger partial charge is 0.249 e. The number of carbonyl (C=O) groups excluding carboxylic acids is 2. The molecule has 1 aromatic carbocycles. The summed E-state index contributed by atoms with van der Waals surface area (Å²) in [6.45, 7) is 2.31. The Morgan fingerprint density at radius 1 is 1.27 bits per heavy atom. The molecule has 5 heteroatoms. The molecule has 3 aliphatic rings. The first-order valence-corrected chi connectivity index (χ1v) is 10.7. The van der Waals surface area contributed by atoms with Crippen LogP contribution in [0.4, 0.5) is 5.69 Å². The van der Waals surface area contributed by atoms with Crippen molar-refractivity contribution >= 4 is 17.5 Å². The van der Waals surface area contributed by atoms with Gasteiger partial charge in [0, 0.05) is 11.6 Å². The van der Waals surface area contributed by atoms with Gasteiger partial charge in [-0.2, -0.15) is 0 Å². The summed E-state index contributed by atoms with van der Waals surface area (Å²) in [5.41, 5.74) is 4.52. The lowest BCUT2D eigenvalue weighted by molar-refractivity contribution is -0.128. The van der Waals surface area contributed by atoms with Crippen LogP contribution in [0.1, 0.15) is 25.3 Å². The number of nitrogens with zero attached hydrogens (tertiary/aromatic N) is 1. The standard InChI is InChI=1S/C25H29N3O2/c1-17(26-2)24(29)27-22-14-13-20-8-5-6-10-23(20)28(25(22)30)16-18-11-12-19-7-3-4-9-21(19)15-18/h3-11,15,17,19,22,26H,12-14,16H2,1-2H3,(H,27,29)/t17-,19?,22?/m0/s1. The van der Waals surface area contributed by atoms with E-state index in [2.05, 4.69) is 53.2 Å². The zero-order chi connectivity index (χ0) is 21.1. The first kappa shape index (κ1) is 20.4. The molecule has 0 radical (unpaired) electrons. The summed E-state index contributed by atoms with van der Waals surface area (Å²) in [4.78, 5) is 27.8. The SMILES string of the molecule is CN[C@@H](C)C(=O)NC1CCc2ccccc2N(CC2=CCC3C=CC=CC3=C2)C1=O. The minimum absolute atomic E-state index is 0.0443. The van der Waals surface area contributed by atoms with Crippen LogP contribution >= 0.6 is 0 Å². The quantitative estimate of drug-likeness (QED) is 0.794. The second kappa shape index (κ2) is 8.84. The molecular formula is C25H29N3O2. The molecule has 0 bridgehead atoms. The van der Waals surface area contributed by atoms with E-state index >= 15 is 0 Å². The summed E-state index contributed by atoms with van der Waals surface area (Å²) in [7, 11) is 1.74. The van der Waals surface area contributed by atoms with Crippen molar-refractivity contribution in [2.24, 2.45) is 5.92 Å². The van der Waals surface area contributed by atoms with Gasteiger partial charge in [0.15, 0.2) is 0 Å². The van der Waals surface area contributed by atoms with Crippen molar-refractivity contribution in [3.05, 3.63) is 77.4 Å². The Bertz CT molecular complexity index is 957. The molecular weight excluding hydrogens is 374 g/mol. The molecule has 0 saturated heterocycles. The largest absolute Gasteiger partial charge is 0.343 e. The minimum Gasteiger partial charge on any atom is -0.343 e. The van der Waals surface area contributed by atoms with Gasteiger partial charge in [0.25, 0.3) is 0 Å². The molecule has 30 heavy (non-hydrogen) atoms. The monoisotopic (exact) mass is 403 g/mol. The van der Waals surface area contributed by atoms with Gasteiger partial charge in [0.1, 0.15) is 6.04 Å². The van der Waals surface area contributed by atoms with Crippen molar-refractivity contribution in [3.63, 3.8) is 0 Å². The first-order chi connectivity index (χ1) is 14.6. The maximum atomic E-state index is 13.5. The number of allylic oxidation sites excluding steroid dienone is 6. The van der Waals surface area contributed by atoms with E-state index in [1.54, 1.807) is 14.0 Å². The zero-order valence-corrected chi connectivity index (χ0v) is 17.6. The average molecular weight is 404 g/mol. The lowest BCUT2D eigenvalue weighted by Crippen LogP contribution is -2.52. The predicted octanol–water partition coefficient (Wildman–Crippen LogP) is 3.06. The number of likely N-dealkylation sites (N-methyl/N-ethyl adjacent to an activating group) is 1. The van der Waals surface area contributed by atoms with E-state index < -0.39 is 6.04 Å². The number of fused-ring (bicyclic) bond motifs is 2. The molecule has 156 valence electrons. The van der Waals surface area contributed by atoms with Crippen LogP contribution in [0.2, 0.25) is 0 Å². The van der Waals surface area contributed by atoms with Gasteiger partial charge in [-0.05, 0) is 56.0 Å². The fourth-order valence-corrected chi connectivity index (χ4v) is 4.25. The van der Waals surface area contributed by atoms with Crippen molar-refractivity contribution in [3.8, 4) is 0 Å². The molecule has 3 atom stereocenters. The molecule has 2 aliphatic carbocycles. The van der Waals surface area contributed by atoms with Gasteiger partial charge in [0.05, 0.1) is 12.6 Å². The minimum atomic E-state index is -0.525. The normalized spacial score (nSPS) is 23.7. The van der Waals surface area contributed by atoms with Crippen molar-refractivity contribution in [2.45, 2.75) is 38.3 Å². The van der Waals surface area contributed by atoms with Gasteiger partial charge < -0.3 is 15.5 Å². The van der Waals surface area contributed by atoms with E-state index in [4.69, 9.17) is 0 Å². The van der Waals surface area contributed by atoms with Crippen LogP contribution < -0.4 is 15.5 Å². The van der Waals surface area contributed by atoms with Crippen LogP contribution in [0, 0.1) is 5.92 Å². The molecule has 0 fully saturated rings. The lowest BCUT2D eigenvalue weighted by atomic mass is 9.85. The summed E-state index contributed by atoms with van der Waals surface area (Å²) in [6, 6.07) is 7.20. The number of hydrogen-bond donors (Lipinski definition) is 2. The highest BCUT2D eigenvalue weighted by Crippen LogP contribution is 2.32. The van der Waals surface area contributed by atoms with E-state index in [0.717, 1.165) is 29.7 Å². The molecule has 2 N–H and O–H groups in total. The molecule has 0 spiro atoms. The number of rotatable bonds is 5. The van der Waals surface area contributed by atoms with Crippen LogP contribution in [-0.2, 0) is 16.0 Å². The summed E-state index contributed by atoms with van der Waals surface area (Å²) >= 11 is 0. The lowest BCUT2D eigenvalue weighted by Gasteiger charge is -2.29. The van der Waals surface area contributed by atoms with E-state index in [1.165, 1.54) is 5.57 Å². The number of nitrogens with one attached hydrogen (secondary N) is 2. The first-order valence-electron chi connectivity index (χ1n) is 10.7. The number of aryl methyl sites for hydroxylation is 1. The third kappa shape index (κ3) is 4.17. The van der Waals surface area contributed by atoms with E-state index in [0.29, 0.717) is 18.9 Å². The Balaban J connectivity index is 1.60. The molecule has 1 aliphatic heterocycles. The van der Waals surface area contributed by atoms with E-state index in [9.17, 15) is 9.59 Å². The summed E-state index contributed by atoms with van der Waals surface area (Å²) in [5, 5.41) is 5.90. The van der Waals surface area contributed by atoms with Crippen LogP contribution in [0.25, 0.3) is 0 Å². The van der Waals surface area contributed by atoms with Crippen molar-refractivity contribution in [1.82, 2.24) is 10.6 Å². The zero-order valence-electron chi connectivity index (χ0n) is 17.6. The highest BCUT2D eigenvalue weighted by molar-refractivity contribution is 6.01. The maximum Gasteiger partial charge on any atom is 0.249 e. The number of anilines is 1. The Morgan fingerprint density at radius 2 is 2.10 bits per heavy atom.